The van der Waals surface area contributed by atoms with Crippen molar-refractivity contribution in [2.24, 2.45) is 0 Å². The molecule has 0 spiro atoms. The molecule has 2 aromatic rings. The van der Waals surface area contributed by atoms with E-state index in [4.69, 9.17) is 9.47 Å². The Morgan fingerprint density at radius 2 is 1.86 bits per heavy atom. The first-order valence-corrected chi connectivity index (χ1v) is 9.02. The van der Waals surface area contributed by atoms with E-state index in [0.717, 1.165) is 11.1 Å². The Morgan fingerprint density at radius 3 is 2.57 bits per heavy atom. The molecule has 0 saturated heterocycles. The molecule has 28 heavy (non-hydrogen) atoms. The van der Waals surface area contributed by atoms with Crippen LogP contribution in [0.2, 0.25) is 0 Å². The molecule has 0 fully saturated rings. The van der Waals surface area contributed by atoms with Crippen LogP contribution >= 0.6 is 0 Å². The SMILES string of the molecule is CCOCCOCc1cccc(CNc2ccc([N+](=O)[O-])cc2C(=O)NC)c1. The summed E-state index contributed by atoms with van der Waals surface area (Å²) < 4.78 is 10.8. The van der Waals surface area contributed by atoms with Gasteiger partial charge < -0.3 is 20.1 Å². The van der Waals surface area contributed by atoms with Crippen LogP contribution in [0.3, 0.4) is 0 Å². The predicted molar refractivity (Wildman–Crippen MR) is 106 cm³/mol. The quantitative estimate of drug-likeness (QED) is 0.349. The number of nitrogens with zero attached hydrogens (tertiary/aromatic N) is 1. The number of ether oxygens (including phenoxy) is 2. The van der Waals surface area contributed by atoms with Gasteiger partial charge in [-0.15, -0.1) is 0 Å². The van der Waals surface area contributed by atoms with E-state index in [1.807, 2.05) is 31.2 Å². The normalized spacial score (nSPS) is 10.5. The number of nitro groups is 1. The Bertz CT molecular complexity index is 810. The molecular formula is C20H25N3O5. The highest BCUT2D eigenvalue weighted by Crippen LogP contribution is 2.23. The second kappa shape index (κ2) is 11.0. The number of carbonyl (C=O) groups excluding carboxylic acids is 1. The number of carbonyl (C=O) groups is 1. The molecular weight excluding hydrogens is 362 g/mol. The number of benzene rings is 2. The summed E-state index contributed by atoms with van der Waals surface area (Å²) >= 11 is 0. The maximum atomic E-state index is 12.1. The van der Waals surface area contributed by atoms with E-state index in [1.54, 1.807) is 6.07 Å². The molecule has 0 radical (unpaired) electrons. The number of rotatable bonds is 11. The van der Waals surface area contributed by atoms with Gasteiger partial charge in [0.05, 0.1) is 30.3 Å². The number of anilines is 1. The van der Waals surface area contributed by atoms with Crippen LogP contribution in [0.5, 0.6) is 0 Å². The number of hydrogen-bond acceptors (Lipinski definition) is 6. The molecule has 0 aromatic heterocycles. The van der Waals surface area contributed by atoms with Gasteiger partial charge in [-0.05, 0) is 24.1 Å². The molecule has 0 unspecified atom stereocenters. The van der Waals surface area contributed by atoms with Crippen LogP contribution in [0.25, 0.3) is 0 Å². The first-order chi connectivity index (χ1) is 13.5. The fourth-order valence-corrected chi connectivity index (χ4v) is 2.60. The summed E-state index contributed by atoms with van der Waals surface area (Å²) in [4.78, 5) is 22.5. The number of hydrogen-bond donors (Lipinski definition) is 2. The van der Waals surface area contributed by atoms with E-state index in [-0.39, 0.29) is 17.2 Å². The lowest BCUT2D eigenvalue weighted by Gasteiger charge is -2.12. The molecule has 8 heteroatoms. The molecule has 2 rings (SSSR count). The third kappa shape index (κ3) is 6.33. The van der Waals surface area contributed by atoms with Crippen LogP contribution in [-0.2, 0) is 22.6 Å². The van der Waals surface area contributed by atoms with Crippen molar-refractivity contribution in [2.75, 3.05) is 32.2 Å². The van der Waals surface area contributed by atoms with Crippen LogP contribution in [0.4, 0.5) is 11.4 Å². The van der Waals surface area contributed by atoms with Crippen molar-refractivity contribution < 1.29 is 19.2 Å². The zero-order valence-electron chi connectivity index (χ0n) is 16.1. The van der Waals surface area contributed by atoms with Gasteiger partial charge in [0.1, 0.15) is 0 Å². The van der Waals surface area contributed by atoms with E-state index in [0.29, 0.717) is 38.7 Å². The molecule has 0 aliphatic rings. The Labute approximate surface area is 164 Å². The lowest BCUT2D eigenvalue weighted by atomic mass is 10.1. The van der Waals surface area contributed by atoms with Crippen molar-refractivity contribution in [1.29, 1.82) is 0 Å². The molecule has 150 valence electrons. The third-order valence-corrected chi connectivity index (χ3v) is 4.00. The molecule has 1 amide bonds. The van der Waals surface area contributed by atoms with E-state index >= 15 is 0 Å². The number of amides is 1. The van der Waals surface area contributed by atoms with Gasteiger partial charge in [-0.25, -0.2) is 0 Å². The van der Waals surface area contributed by atoms with Gasteiger partial charge in [-0.2, -0.15) is 0 Å². The summed E-state index contributed by atoms with van der Waals surface area (Å²) in [5.41, 5.74) is 2.67. The summed E-state index contributed by atoms with van der Waals surface area (Å²) in [6.45, 7) is 4.67. The molecule has 8 nitrogen and oxygen atoms in total. The predicted octanol–water partition coefficient (Wildman–Crippen LogP) is 3.12. The van der Waals surface area contributed by atoms with Gasteiger partial charge in [0.2, 0.25) is 0 Å². The van der Waals surface area contributed by atoms with Gasteiger partial charge in [0, 0.05) is 38.0 Å². The van der Waals surface area contributed by atoms with Gasteiger partial charge in [0.15, 0.2) is 0 Å². The maximum Gasteiger partial charge on any atom is 0.270 e. The topological polar surface area (TPSA) is 103 Å². The smallest absolute Gasteiger partial charge is 0.270 e. The third-order valence-electron chi connectivity index (χ3n) is 4.00. The zero-order valence-corrected chi connectivity index (χ0v) is 16.1. The summed E-state index contributed by atoms with van der Waals surface area (Å²) in [5.74, 6) is -0.386. The largest absolute Gasteiger partial charge is 0.380 e. The number of non-ortho nitro benzene ring substituents is 1. The van der Waals surface area contributed by atoms with E-state index in [2.05, 4.69) is 10.6 Å². The van der Waals surface area contributed by atoms with Crippen LogP contribution < -0.4 is 10.6 Å². The highest BCUT2D eigenvalue weighted by atomic mass is 16.6. The van der Waals surface area contributed by atoms with Crippen molar-refractivity contribution >= 4 is 17.3 Å². The van der Waals surface area contributed by atoms with Crippen LogP contribution in [0.15, 0.2) is 42.5 Å². The van der Waals surface area contributed by atoms with Crippen molar-refractivity contribution in [3.05, 3.63) is 69.3 Å². The molecule has 0 saturated carbocycles. The van der Waals surface area contributed by atoms with Gasteiger partial charge in [0.25, 0.3) is 11.6 Å². The molecule has 2 N–H and O–H groups in total. The van der Waals surface area contributed by atoms with Gasteiger partial charge in [-0.3, -0.25) is 14.9 Å². The minimum atomic E-state index is -0.523. The lowest BCUT2D eigenvalue weighted by molar-refractivity contribution is -0.384. The minimum absolute atomic E-state index is 0.129. The average Bonchev–Trinajstić information content (AvgIpc) is 2.71. The van der Waals surface area contributed by atoms with E-state index < -0.39 is 4.92 Å². The Morgan fingerprint density at radius 1 is 1.11 bits per heavy atom. The summed E-state index contributed by atoms with van der Waals surface area (Å²) in [6.07, 6.45) is 0. The molecule has 0 aliphatic carbocycles. The molecule has 0 aliphatic heterocycles. The first-order valence-electron chi connectivity index (χ1n) is 9.02. The highest BCUT2D eigenvalue weighted by molar-refractivity contribution is 6.00. The second-order valence-corrected chi connectivity index (χ2v) is 5.99. The Hall–Kier alpha value is -2.97. The van der Waals surface area contributed by atoms with Gasteiger partial charge >= 0.3 is 0 Å². The van der Waals surface area contributed by atoms with Crippen molar-refractivity contribution in [1.82, 2.24) is 5.32 Å². The van der Waals surface area contributed by atoms with E-state index in [9.17, 15) is 14.9 Å². The lowest BCUT2D eigenvalue weighted by Crippen LogP contribution is -2.20. The summed E-state index contributed by atoms with van der Waals surface area (Å²) in [6, 6.07) is 12.1. The highest BCUT2D eigenvalue weighted by Gasteiger charge is 2.15. The second-order valence-electron chi connectivity index (χ2n) is 5.99. The van der Waals surface area contributed by atoms with Crippen molar-refractivity contribution in [3.63, 3.8) is 0 Å². The number of nitrogens with one attached hydrogen (secondary N) is 2. The standard InChI is InChI=1S/C20H25N3O5/c1-3-27-9-10-28-14-16-6-4-5-15(11-16)13-22-19-8-7-17(23(25)26)12-18(19)20(24)21-2/h4-8,11-12,22H,3,9-10,13-14H2,1-2H3,(H,21,24). The van der Waals surface area contributed by atoms with Crippen LogP contribution in [0, 0.1) is 10.1 Å². The van der Waals surface area contributed by atoms with Crippen molar-refractivity contribution in [2.45, 2.75) is 20.1 Å². The van der Waals surface area contributed by atoms with Crippen molar-refractivity contribution in [3.8, 4) is 0 Å². The first kappa shape index (κ1) is 21.3. The Balaban J connectivity index is 2.02. The fraction of sp³-hybridized carbons (Fsp3) is 0.350. The maximum absolute atomic E-state index is 12.1. The van der Waals surface area contributed by atoms with E-state index in [1.165, 1.54) is 19.2 Å². The van der Waals surface area contributed by atoms with Crippen LogP contribution in [-0.4, -0.2) is 37.7 Å². The average molecular weight is 387 g/mol. The Kier molecular flexibility index (Phi) is 8.38. The molecule has 0 heterocycles. The monoisotopic (exact) mass is 387 g/mol. The minimum Gasteiger partial charge on any atom is -0.380 e. The molecule has 2 aromatic carbocycles. The zero-order chi connectivity index (χ0) is 20.4. The summed E-state index contributed by atoms with van der Waals surface area (Å²) in [5, 5.41) is 16.7. The molecule has 0 atom stereocenters. The molecule has 0 bridgehead atoms. The fourth-order valence-electron chi connectivity index (χ4n) is 2.60. The number of nitro benzene ring substituents is 1. The van der Waals surface area contributed by atoms with Gasteiger partial charge in [-0.1, -0.05) is 24.3 Å². The van der Waals surface area contributed by atoms with Crippen LogP contribution in [0.1, 0.15) is 28.4 Å². The summed E-state index contributed by atoms with van der Waals surface area (Å²) in [7, 11) is 1.49.